The molecule has 0 saturated heterocycles. The first-order chi connectivity index (χ1) is 10.9. The monoisotopic (exact) mass is 312 g/mol. The summed E-state index contributed by atoms with van der Waals surface area (Å²) in [6.07, 6.45) is 11.2. The van der Waals surface area contributed by atoms with Crippen LogP contribution in [0.3, 0.4) is 0 Å². The molecule has 2 fully saturated rings. The van der Waals surface area contributed by atoms with Crippen LogP contribution >= 0.6 is 0 Å². The number of methoxy groups -OCH3 is 1. The molecule has 0 aromatic carbocycles. The van der Waals surface area contributed by atoms with Crippen molar-refractivity contribution in [2.45, 2.75) is 52.4 Å². The molecule has 2 nitrogen and oxygen atoms in total. The van der Waals surface area contributed by atoms with Gasteiger partial charge in [0.2, 0.25) is 0 Å². The highest BCUT2D eigenvalue weighted by atomic mass is 16.5. The summed E-state index contributed by atoms with van der Waals surface area (Å²) >= 11 is 0. The third-order valence-electron chi connectivity index (χ3n) is 7.69. The predicted octanol–water partition coefficient (Wildman–Crippen LogP) is 4.82. The molecule has 0 amide bonds. The summed E-state index contributed by atoms with van der Waals surface area (Å²) in [5.41, 5.74) is 2.48. The molecule has 4 rings (SSSR count). The topological polar surface area (TPSA) is 26.3 Å². The Kier molecular flexibility index (Phi) is 3.21. The van der Waals surface area contributed by atoms with Crippen molar-refractivity contribution >= 4 is 5.78 Å². The average Bonchev–Trinajstić information content (AvgIpc) is 2.78. The fourth-order valence-electron chi connectivity index (χ4n) is 6.20. The Morgan fingerprint density at radius 1 is 1.22 bits per heavy atom. The van der Waals surface area contributed by atoms with E-state index in [0.717, 1.165) is 37.0 Å². The van der Waals surface area contributed by atoms with E-state index in [1.165, 1.54) is 18.4 Å². The van der Waals surface area contributed by atoms with Crippen LogP contribution in [-0.2, 0) is 9.53 Å². The Morgan fingerprint density at radius 3 is 2.74 bits per heavy atom. The summed E-state index contributed by atoms with van der Waals surface area (Å²) in [7, 11) is 1.78. The van der Waals surface area contributed by atoms with Gasteiger partial charge in [-0.2, -0.15) is 0 Å². The summed E-state index contributed by atoms with van der Waals surface area (Å²) in [6.45, 7) is 8.73. The largest absolute Gasteiger partial charge is 0.501 e. The van der Waals surface area contributed by atoms with Gasteiger partial charge >= 0.3 is 0 Å². The Hall–Kier alpha value is -1.31. The zero-order valence-electron chi connectivity index (χ0n) is 14.7. The van der Waals surface area contributed by atoms with Crippen LogP contribution in [0.5, 0.6) is 0 Å². The van der Waals surface area contributed by atoms with Crippen LogP contribution in [0.2, 0.25) is 0 Å². The lowest BCUT2D eigenvalue weighted by molar-refractivity contribution is -0.129. The summed E-state index contributed by atoms with van der Waals surface area (Å²) in [6, 6.07) is 0. The lowest BCUT2D eigenvalue weighted by atomic mass is 9.49. The SMILES string of the molecule is C=C1CC2C3CC=C4C=C(OC)CC[C@]4(C)C3CC[C@]2(C)C1=O. The maximum Gasteiger partial charge on any atom is 0.164 e. The second-order valence-electron chi connectivity index (χ2n) is 8.60. The molecular formula is C21H28O2. The first-order valence-corrected chi connectivity index (χ1v) is 9.08. The Morgan fingerprint density at radius 2 is 2.00 bits per heavy atom. The number of fused-ring (bicyclic) bond motifs is 5. The lowest BCUT2D eigenvalue weighted by Crippen LogP contribution is -2.49. The first-order valence-electron chi connectivity index (χ1n) is 9.08. The molecule has 0 radical (unpaired) electrons. The van der Waals surface area contributed by atoms with E-state index in [4.69, 9.17) is 4.74 Å². The zero-order valence-corrected chi connectivity index (χ0v) is 14.7. The van der Waals surface area contributed by atoms with Crippen LogP contribution in [0.1, 0.15) is 52.4 Å². The van der Waals surface area contributed by atoms with E-state index in [-0.39, 0.29) is 10.8 Å². The van der Waals surface area contributed by atoms with Gasteiger partial charge in [0.1, 0.15) is 0 Å². The number of carbonyl (C=O) groups excluding carboxylic acids is 1. The molecule has 0 aromatic heterocycles. The fraction of sp³-hybridized carbons (Fsp3) is 0.667. The minimum Gasteiger partial charge on any atom is -0.501 e. The fourth-order valence-corrected chi connectivity index (χ4v) is 6.20. The third-order valence-corrected chi connectivity index (χ3v) is 7.69. The minimum atomic E-state index is -0.137. The molecule has 3 unspecified atom stereocenters. The number of rotatable bonds is 1. The van der Waals surface area contributed by atoms with Crippen molar-refractivity contribution in [2.75, 3.05) is 7.11 Å². The van der Waals surface area contributed by atoms with Gasteiger partial charge in [-0.3, -0.25) is 4.79 Å². The molecule has 0 spiro atoms. The van der Waals surface area contributed by atoms with Crippen LogP contribution in [0, 0.1) is 28.6 Å². The zero-order chi connectivity index (χ0) is 16.4. The van der Waals surface area contributed by atoms with Crippen molar-refractivity contribution in [3.05, 3.63) is 35.6 Å². The number of ketones is 1. The van der Waals surface area contributed by atoms with Gasteiger partial charge in [0.05, 0.1) is 12.9 Å². The van der Waals surface area contributed by atoms with E-state index < -0.39 is 0 Å². The quantitative estimate of drug-likeness (QED) is 0.649. The summed E-state index contributed by atoms with van der Waals surface area (Å²) in [5.74, 6) is 3.32. The van der Waals surface area contributed by atoms with Crippen LogP contribution in [0.25, 0.3) is 0 Å². The molecule has 5 atom stereocenters. The van der Waals surface area contributed by atoms with E-state index in [2.05, 4.69) is 32.6 Å². The number of hydrogen-bond donors (Lipinski definition) is 0. The summed E-state index contributed by atoms with van der Waals surface area (Å²) in [4.78, 5) is 12.6. The second kappa shape index (κ2) is 4.84. The lowest BCUT2D eigenvalue weighted by Gasteiger charge is -2.55. The number of hydrogen-bond acceptors (Lipinski definition) is 2. The highest BCUT2D eigenvalue weighted by molar-refractivity contribution is 6.02. The van der Waals surface area contributed by atoms with E-state index in [0.29, 0.717) is 23.5 Å². The van der Waals surface area contributed by atoms with E-state index in [1.807, 2.05) is 0 Å². The van der Waals surface area contributed by atoms with Crippen molar-refractivity contribution < 1.29 is 9.53 Å². The first kappa shape index (κ1) is 15.2. The number of Topliss-reactive ketones (excluding diaryl/α,β-unsaturated/α-hetero) is 1. The van der Waals surface area contributed by atoms with Gasteiger partial charge in [-0.15, -0.1) is 0 Å². The third kappa shape index (κ3) is 1.90. The van der Waals surface area contributed by atoms with Crippen molar-refractivity contribution in [3.63, 3.8) is 0 Å². The highest BCUT2D eigenvalue weighted by Gasteiger charge is 2.59. The van der Waals surface area contributed by atoms with E-state index >= 15 is 0 Å². The number of ether oxygens (including phenoxy) is 1. The van der Waals surface area contributed by atoms with Crippen LogP contribution < -0.4 is 0 Å². The Labute approximate surface area is 139 Å². The van der Waals surface area contributed by atoms with Crippen LogP contribution in [0.15, 0.2) is 35.6 Å². The molecular weight excluding hydrogens is 284 g/mol. The molecule has 23 heavy (non-hydrogen) atoms. The molecule has 2 heteroatoms. The van der Waals surface area contributed by atoms with Crippen molar-refractivity contribution in [1.29, 1.82) is 0 Å². The molecule has 0 N–H and O–H groups in total. The van der Waals surface area contributed by atoms with Gasteiger partial charge in [-0.25, -0.2) is 0 Å². The van der Waals surface area contributed by atoms with Crippen molar-refractivity contribution in [3.8, 4) is 0 Å². The average molecular weight is 312 g/mol. The molecule has 124 valence electrons. The molecule has 0 aliphatic heterocycles. The molecule has 4 aliphatic carbocycles. The Balaban J connectivity index is 1.72. The highest BCUT2D eigenvalue weighted by Crippen LogP contribution is 2.64. The normalized spacial score (nSPS) is 45.6. The molecule has 0 heterocycles. The smallest absolute Gasteiger partial charge is 0.164 e. The van der Waals surface area contributed by atoms with Crippen LogP contribution in [-0.4, -0.2) is 12.9 Å². The maximum atomic E-state index is 12.6. The van der Waals surface area contributed by atoms with E-state index in [9.17, 15) is 4.79 Å². The van der Waals surface area contributed by atoms with Gasteiger partial charge in [-0.1, -0.05) is 26.5 Å². The van der Waals surface area contributed by atoms with E-state index in [1.54, 1.807) is 7.11 Å². The number of carbonyl (C=O) groups is 1. The molecule has 0 bridgehead atoms. The van der Waals surface area contributed by atoms with Crippen molar-refractivity contribution in [2.24, 2.45) is 28.6 Å². The molecule has 2 saturated carbocycles. The van der Waals surface area contributed by atoms with Gasteiger partial charge in [-0.05, 0) is 72.5 Å². The maximum absolute atomic E-state index is 12.6. The Bertz CT molecular complexity index is 640. The second-order valence-corrected chi connectivity index (χ2v) is 8.60. The number of allylic oxidation sites excluding steroid dienone is 5. The predicted molar refractivity (Wildman–Crippen MR) is 91.7 cm³/mol. The standard InChI is InChI=1S/C21H28O2/c1-13-11-18-16-6-5-14-12-15(23-4)7-9-20(14,2)17(16)8-10-21(18,3)19(13)22/h5,12,16-18H,1,6-11H2,2-4H3/t16?,17?,18?,20-,21-/m0/s1. The molecule has 0 aromatic rings. The minimum absolute atomic E-state index is 0.137. The van der Waals surface area contributed by atoms with Gasteiger partial charge < -0.3 is 4.74 Å². The van der Waals surface area contributed by atoms with Gasteiger partial charge in [0, 0.05) is 11.8 Å². The van der Waals surface area contributed by atoms with Gasteiger partial charge in [0.15, 0.2) is 5.78 Å². The van der Waals surface area contributed by atoms with Gasteiger partial charge in [0.25, 0.3) is 0 Å². The molecule has 4 aliphatic rings. The summed E-state index contributed by atoms with van der Waals surface area (Å²) in [5, 5.41) is 0. The van der Waals surface area contributed by atoms with Crippen LogP contribution in [0.4, 0.5) is 0 Å². The summed E-state index contributed by atoms with van der Waals surface area (Å²) < 4.78 is 5.50. The van der Waals surface area contributed by atoms with Crippen molar-refractivity contribution in [1.82, 2.24) is 0 Å².